The minimum atomic E-state index is 0.621. The Labute approximate surface area is 150 Å². The third-order valence-corrected chi connectivity index (χ3v) is 5.97. The second-order valence-electron chi connectivity index (χ2n) is 5.46. The van der Waals surface area contributed by atoms with E-state index in [9.17, 15) is 0 Å². The first-order chi connectivity index (χ1) is 10.7. The molecule has 0 fully saturated rings. The van der Waals surface area contributed by atoms with Crippen LogP contribution in [0.5, 0.6) is 0 Å². The van der Waals surface area contributed by atoms with Crippen LogP contribution in [0.1, 0.15) is 39.5 Å². The highest BCUT2D eigenvalue weighted by atomic mass is 79.9. The summed E-state index contributed by atoms with van der Waals surface area (Å²) in [6.07, 6.45) is 4.87. The fraction of sp³-hybridized carbons (Fsp3) is 0.571. The first kappa shape index (κ1) is 16.3. The van der Waals surface area contributed by atoms with Gasteiger partial charge in [0.25, 0.3) is 0 Å². The molecule has 0 saturated heterocycles. The van der Waals surface area contributed by atoms with E-state index in [1.54, 1.807) is 0 Å². The molecule has 2 heterocycles. The van der Waals surface area contributed by atoms with Crippen molar-refractivity contribution in [2.45, 2.75) is 46.1 Å². The van der Waals surface area contributed by atoms with E-state index in [4.69, 9.17) is 0 Å². The Morgan fingerprint density at radius 2 is 1.64 bits per heavy atom. The molecule has 0 aliphatic carbocycles. The molecule has 5 nitrogen and oxygen atoms in total. The molecule has 0 saturated carbocycles. The van der Waals surface area contributed by atoms with Crippen molar-refractivity contribution in [2.24, 2.45) is 14.6 Å². The lowest BCUT2D eigenvalue weighted by Gasteiger charge is -2.12. The van der Waals surface area contributed by atoms with Crippen molar-refractivity contribution in [1.29, 1.82) is 0 Å². The highest BCUT2D eigenvalue weighted by Crippen LogP contribution is 2.48. The van der Waals surface area contributed by atoms with Crippen LogP contribution in [0, 0.1) is 5.92 Å². The maximum absolute atomic E-state index is 4.66. The number of unbranched alkanes of at least 4 members (excludes halogenated alkanes) is 1. The van der Waals surface area contributed by atoms with Crippen LogP contribution in [0.2, 0.25) is 0 Å². The molecule has 0 N–H and O–H groups in total. The van der Waals surface area contributed by atoms with Gasteiger partial charge >= 0.3 is 0 Å². The number of fused-ring (bicyclic) bond motifs is 2. The lowest BCUT2D eigenvalue weighted by molar-refractivity contribution is 0.351. The Morgan fingerprint density at radius 1 is 1.05 bits per heavy atom. The number of halogens is 2. The van der Waals surface area contributed by atoms with Gasteiger partial charge in [-0.15, -0.1) is 0 Å². The van der Waals surface area contributed by atoms with E-state index in [2.05, 4.69) is 64.6 Å². The zero-order chi connectivity index (χ0) is 15.7. The van der Waals surface area contributed by atoms with E-state index in [0.29, 0.717) is 5.92 Å². The van der Waals surface area contributed by atoms with E-state index in [-0.39, 0.29) is 0 Å². The average Bonchev–Trinajstić information content (AvgIpc) is 3.16. The molecule has 1 aliphatic heterocycles. The molecule has 2 aromatic rings. The fourth-order valence-corrected chi connectivity index (χ4v) is 4.46. The van der Waals surface area contributed by atoms with Crippen molar-refractivity contribution in [2.75, 3.05) is 0 Å². The maximum atomic E-state index is 4.66. The number of rotatable bonds is 6. The van der Waals surface area contributed by atoms with E-state index in [1.807, 2.05) is 4.80 Å². The van der Waals surface area contributed by atoms with E-state index in [1.165, 1.54) is 30.6 Å². The molecule has 1 aromatic heterocycles. The molecule has 1 unspecified atom stereocenters. The smallest absolute Gasteiger partial charge is 0.130 e. The van der Waals surface area contributed by atoms with Crippen molar-refractivity contribution in [3.63, 3.8) is 0 Å². The Bertz CT molecular complexity index is 728. The van der Waals surface area contributed by atoms with Crippen molar-refractivity contribution in [3.8, 4) is 0 Å². The highest BCUT2D eigenvalue weighted by molar-refractivity contribution is 9.11. The van der Waals surface area contributed by atoms with Crippen LogP contribution in [0.25, 0.3) is 11.0 Å². The van der Waals surface area contributed by atoms with Gasteiger partial charge in [0, 0.05) is 0 Å². The Morgan fingerprint density at radius 3 is 2.14 bits per heavy atom. The van der Waals surface area contributed by atoms with E-state index in [0.717, 1.165) is 44.3 Å². The molecule has 0 radical (unpaired) electrons. The van der Waals surface area contributed by atoms with Gasteiger partial charge in [-0.2, -0.15) is 23.7 Å². The maximum Gasteiger partial charge on any atom is 0.130 e. The lowest BCUT2D eigenvalue weighted by Crippen LogP contribution is -2.12. The van der Waals surface area contributed by atoms with Crippen LogP contribution in [0.15, 0.2) is 17.7 Å². The summed E-state index contributed by atoms with van der Waals surface area (Å²) in [7, 11) is 0. The van der Waals surface area contributed by atoms with Crippen molar-refractivity contribution < 1.29 is 0 Å². The normalized spacial score (nSPS) is 14.4. The number of hydrogen-bond donors (Lipinski definition) is 0. The molecule has 0 bridgehead atoms. The van der Waals surface area contributed by atoms with Gasteiger partial charge in [0.1, 0.15) is 22.4 Å². The van der Waals surface area contributed by atoms with Crippen LogP contribution in [0.3, 0.4) is 0 Å². The second-order valence-corrected chi connectivity index (χ2v) is 7.57. The largest absolute Gasteiger partial charge is 0.183 e. The predicted molar refractivity (Wildman–Crippen MR) is 97.8 cm³/mol. The van der Waals surface area contributed by atoms with Gasteiger partial charge in [0.15, 0.2) is 0 Å². The molecule has 8 heteroatoms. The summed E-state index contributed by atoms with van der Waals surface area (Å²) >= 11 is 8.40. The Kier molecular flexibility index (Phi) is 5.09. The van der Waals surface area contributed by atoms with Crippen LogP contribution >= 0.6 is 31.9 Å². The average molecular weight is 447 g/mol. The number of nitrogens with zero attached hydrogens (tertiary/aromatic N) is 5. The standard InChI is InChI=1S/C14H17Br2N5S/c1-3-5-6-8(4-2)7-21-17-11-9(15)13-14(20-22-19-13)10(16)12(11)18-21/h8H,3-7H2,1-2H3. The number of benzene rings is 1. The van der Waals surface area contributed by atoms with E-state index < -0.39 is 0 Å². The monoisotopic (exact) mass is 445 g/mol. The summed E-state index contributed by atoms with van der Waals surface area (Å²) in [5.74, 6) is 0.621. The Hall–Kier alpha value is -0.600. The third-order valence-electron chi connectivity index (χ3n) is 3.94. The van der Waals surface area contributed by atoms with Gasteiger partial charge < -0.3 is 0 Å². The SMILES string of the molecule is CCCCC(CC)Cn1nc2c(Br)c3c(c(Br)c2n1)N=S=N3. The van der Waals surface area contributed by atoms with Crippen LogP contribution in [0.4, 0.5) is 11.4 Å². The van der Waals surface area contributed by atoms with Gasteiger partial charge in [-0.1, -0.05) is 33.1 Å². The summed E-state index contributed by atoms with van der Waals surface area (Å²) in [5, 5.41) is 9.33. The first-order valence-corrected chi connectivity index (χ1v) is 9.81. The predicted octanol–water partition coefficient (Wildman–Crippen LogP) is 5.90. The number of hydrogen-bond acceptors (Lipinski definition) is 4. The molecule has 118 valence electrons. The third kappa shape index (κ3) is 2.92. The zero-order valence-corrected chi connectivity index (χ0v) is 16.5. The summed E-state index contributed by atoms with van der Waals surface area (Å²) in [5.41, 5.74) is 3.37. The highest BCUT2D eigenvalue weighted by Gasteiger charge is 2.22. The second kappa shape index (κ2) is 6.88. The molecule has 3 rings (SSSR count). The fourth-order valence-electron chi connectivity index (χ4n) is 2.57. The molecule has 1 atom stereocenters. The van der Waals surface area contributed by atoms with Gasteiger partial charge in [-0.05, 0) is 44.2 Å². The van der Waals surface area contributed by atoms with Gasteiger partial charge in [-0.3, -0.25) is 0 Å². The quantitative estimate of drug-likeness (QED) is 0.473. The molecule has 1 aliphatic rings. The topological polar surface area (TPSA) is 55.4 Å². The summed E-state index contributed by atoms with van der Waals surface area (Å²) in [6.45, 7) is 5.32. The minimum absolute atomic E-state index is 0.621. The minimum Gasteiger partial charge on any atom is -0.183 e. The molecular weight excluding hydrogens is 430 g/mol. The van der Waals surface area contributed by atoms with Crippen LogP contribution in [-0.2, 0) is 17.9 Å². The van der Waals surface area contributed by atoms with E-state index >= 15 is 0 Å². The lowest BCUT2D eigenvalue weighted by atomic mass is 10.00. The molecular formula is C14H17Br2N5S. The zero-order valence-electron chi connectivity index (χ0n) is 12.5. The number of aromatic nitrogens is 3. The van der Waals surface area contributed by atoms with Crippen molar-refractivity contribution >= 4 is 65.6 Å². The summed E-state index contributed by atoms with van der Waals surface area (Å²) in [4.78, 5) is 1.83. The van der Waals surface area contributed by atoms with Gasteiger partial charge in [0.05, 0.1) is 26.8 Å². The molecule has 22 heavy (non-hydrogen) atoms. The van der Waals surface area contributed by atoms with Crippen LogP contribution < -0.4 is 0 Å². The summed E-state index contributed by atoms with van der Waals surface area (Å²) in [6, 6.07) is 0. The molecule has 0 spiro atoms. The van der Waals surface area contributed by atoms with Crippen LogP contribution in [-0.4, -0.2) is 15.0 Å². The molecule has 0 amide bonds. The summed E-state index contributed by atoms with van der Waals surface area (Å²) < 4.78 is 10.4. The van der Waals surface area contributed by atoms with Gasteiger partial charge in [0.2, 0.25) is 0 Å². The first-order valence-electron chi connectivity index (χ1n) is 7.49. The Balaban J connectivity index is 1.95. The van der Waals surface area contributed by atoms with Crippen molar-refractivity contribution in [3.05, 3.63) is 8.95 Å². The molecule has 1 aromatic carbocycles. The van der Waals surface area contributed by atoms with Crippen molar-refractivity contribution in [1.82, 2.24) is 15.0 Å². The van der Waals surface area contributed by atoms with Gasteiger partial charge in [-0.25, -0.2) is 0 Å².